The van der Waals surface area contributed by atoms with Crippen LogP contribution in [0.4, 0.5) is 0 Å². The third kappa shape index (κ3) is 4.85. The average molecular weight is 559 g/mol. The van der Waals surface area contributed by atoms with Gasteiger partial charge in [0.1, 0.15) is 0 Å². The molecular formula is C30H36Cl2Zr. The molecule has 0 heterocycles. The molecule has 0 unspecified atom stereocenters. The van der Waals surface area contributed by atoms with Crippen molar-refractivity contribution in [2.45, 2.75) is 81.7 Å². The summed E-state index contributed by atoms with van der Waals surface area (Å²) >= 11 is -1.96. The van der Waals surface area contributed by atoms with Gasteiger partial charge in [0.15, 0.2) is 0 Å². The minimum atomic E-state index is -1.96. The zero-order chi connectivity index (χ0) is 22.0. The van der Waals surface area contributed by atoms with Crippen molar-refractivity contribution in [2.24, 2.45) is 0 Å². The molecule has 5 rings (SSSR count). The topological polar surface area (TPSA) is 0 Å². The van der Waals surface area contributed by atoms with Crippen LogP contribution in [0.5, 0.6) is 0 Å². The Labute approximate surface area is 220 Å². The number of benzene rings is 2. The van der Waals surface area contributed by atoms with Crippen molar-refractivity contribution in [3.63, 3.8) is 0 Å². The number of hydrogen-bond acceptors (Lipinski definition) is 0. The molecule has 2 aromatic carbocycles. The maximum atomic E-state index is 2.54. The van der Waals surface area contributed by atoms with E-state index in [1.165, 1.54) is 47.9 Å². The van der Waals surface area contributed by atoms with Gasteiger partial charge in [0.2, 0.25) is 0 Å². The van der Waals surface area contributed by atoms with E-state index < -0.39 is 21.3 Å². The van der Waals surface area contributed by atoms with Gasteiger partial charge in [0.25, 0.3) is 0 Å². The van der Waals surface area contributed by atoms with Crippen LogP contribution in [-0.2, 0) is 32.1 Å². The second kappa shape index (κ2) is 9.72. The zero-order valence-corrected chi connectivity index (χ0v) is 24.8. The number of fused-ring (bicyclic) bond motifs is 3. The molecule has 3 aliphatic carbocycles. The van der Waals surface area contributed by atoms with Gasteiger partial charge < -0.3 is 24.8 Å². The molecule has 1 fully saturated rings. The molecule has 174 valence electrons. The van der Waals surface area contributed by atoms with Crippen LogP contribution in [0.15, 0.2) is 57.9 Å². The molecule has 3 heteroatoms. The standard InChI is InChI=1S/C21H25.C5H5.C4H6.2ClH.Zr/c1-20(2,3)16-9-7-14-11-15-8-10-17(21(4,5)6)13-19(15)18(14)12-16;1-2-4-5-3-1;1-2-4-3-1;;;/h7-13H,1-6H3;1-3H,4H2;1-3H2;2*1H;/q;;;;;+2/p-2. The molecular weight excluding hydrogens is 522 g/mol. The molecule has 2 aromatic rings. The largest absolute Gasteiger partial charge is 1.00 e. The van der Waals surface area contributed by atoms with Crippen molar-refractivity contribution in [2.75, 3.05) is 0 Å². The summed E-state index contributed by atoms with van der Waals surface area (Å²) in [6, 6.07) is 15.0. The second-order valence-corrected chi connectivity index (χ2v) is 18.5. The van der Waals surface area contributed by atoms with Crippen molar-refractivity contribution in [3.8, 4) is 11.1 Å². The summed E-state index contributed by atoms with van der Waals surface area (Å²) in [6.45, 7) is 14.0. The normalized spacial score (nSPS) is 16.6. The smallest absolute Gasteiger partial charge is 1.00 e. The first-order valence-electron chi connectivity index (χ1n) is 12.0. The molecule has 0 N–H and O–H groups in total. The molecule has 0 saturated heterocycles. The Morgan fingerprint density at radius 3 is 1.64 bits per heavy atom. The maximum Gasteiger partial charge on any atom is -1.00 e. The van der Waals surface area contributed by atoms with E-state index in [-0.39, 0.29) is 35.6 Å². The molecule has 0 amide bonds. The fourth-order valence-corrected chi connectivity index (χ4v) is 14.9. The Hall–Kier alpha value is -0.747. The van der Waals surface area contributed by atoms with Gasteiger partial charge in [-0.05, 0) is 0 Å². The van der Waals surface area contributed by atoms with E-state index in [1.807, 2.05) is 6.49 Å². The van der Waals surface area contributed by atoms with Crippen LogP contribution in [0, 0.1) is 0 Å². The van der Waals surface area contributed by atoms with Gasteiger partial charge in [-0.3, -0.25) is 0 Å². The summed E-state index contributed by atoms with van der Waals surface area (Å²) in [6.07, 6.45) is 12.6. The SMILES string of the molecule is CC(C)(C)c1ccc2c(c1)-c1cc(C(C)(C)C)ccc1[CH]2[Zr+2]([C]1=CC=CC1)=[C]1CCC1.[Cl-].[Cl-]. The van der Waals surface area contributed by atoms with Crippen molar-refractivity contribution >= 4 is 3.21 Å². The Morgan fingerprint density at radius 1 is 0.758 bits per heavy atom. The summed E-state index contributed by atoms with van der Waals surface area (Å²) in [5.74, 6) is 0. The molecule has 0 aromatic heterocycles. The predicted molar refractivity (Wildman–Crippen MR) is 132 cm³/mol. The second-order valence-electron chi connectivity index (χ2n) is 11.7. The van der Waals surface area contributed by atoms with Crippen molar-refractivity contribution in [1.29, 1.82) is 0 Å². The molecule has 0 aliphatic heterocycles. The van der Waals surface area contributed by atoms with E-state index in [2.05, 4.69) is 96.2 Å². The van der Waals surface area contributed by atoms with Crippen molar-refractivity contribution in [3.05, 3.63) is 80.2 Å². The number of allylic oxidation sites excluding steroid dienone is 4. The first-order chi connectivity index (χ1) is 14.6. The number of rotatable bonds is 2. The summed E-state index contributed by atoms with van der Waals surface area (Å²) in [5.41, 5.74) is 9.61. The minimum absolute atomic E-state index is 0. The Bertz CT molecular complexity index is 1080. The molecule has 0 spiro atoms. The summed E-state index contributed by atoms with van der Waals surface area (Å²) < 4.78 is 4.46. The van der Waals surface area contributed by atoms with Crippen LogP contribution >= 0.6 is 0 Å². The minimum Gasteiger partial charge on any atom is -1.00 e. The third-order valence-corrected chi connectivity index (χ3v) is 16.2. The van der Waals surface area contributed by atoms with Gasteiger partial charge in [-0.25, -0.2) is 0 Å². The van der Waals surface area contributed by atoms with Gasteiger partial charge in [-0.15, -0.1) is 0 Å². The third-order valence-electron chi connectivity index (χ3n) is 7.49. The average Bonchev–Trinajstić information content (AvgIpc) is 3.29. The maximum absolute atomic E-state index is 2.54. The summed E-state index contributed by atoms with van der Waals surface area (Å²) in [5, 5.41) is 0. The number of hydrogen-bond donors (Lipinski definition) is 0. The first kappa shape index (κ1) is 26.9. The van der Waals surface area contributed by atoms with E-state index in [0.29, 0.717) is 3.63 Å². The molecule has 0 radical (unpaired) electrons. The molecule has 0 nitrogen and oxygen atoms in total. The van der Waals surface area contributed by atoms with Crippen LogP contribution in [0.25, 0.3) is 11.1 Å². The zero-order valence-electron chi connectivity index (χ0n) is 20.9. The van der Waals surface area contributed by atoms with Gasteiger partial charge in [0, 0.05) is 0 Å². The van der Waals surface area contributed by atoms with E-state index >= 15 is 0 Å². The Balaban J connectivity index is 0.00000153. The van der Waals surface area contributed by atoms with Gasteiger partial charge in [0.05, 0.1) is 0 Å². The van der Waals surface area contributed by atoms with Gasteiger partial charge >= 0.3 is 197 Å². The van der Waals surface area contributed by atoms with Crippen LogP contribution < -0.4 is 24.8 Å². The van der Waals surface area contributed by atoms with Gasteiger partial charge in [-0.1, -0.05) is 0 Å². The van der Waals surface area contributed by atoms with Crippen LogP contribution in [-0.4, -0.2) is 3.21 Å². The fraction of sp³-hybridized carbons (Fsp3) is 0.433. The van der Waals surface area contributed by atoms with E-state index in [9.17, 15) is 0 Å². The van der Waals surface area contributed by atoms with E-state index in [1.54, 1.807) is 11.1 Å². The molecule has 0 atom stereocenters. The Morgan fingerprint density at radius 2 is 1.27 bits per heavy atom. The molecule has 1 saturated carbocycles. The summed E-state index contributed by atoms with van der Waals surface area (Å²) in [7, 11) is 0. The molecule has 3 aliphatic rings. The van der Waals surface area contributed by atoms with E-state index in [4.69, 9.17) is 0 Å². The van der Waals surface area contributed by atoms with Crippen LogP contribution in [0.3, 0.4) is 0 Å². The predicted octanol–water partition coefficient (Wildman–Crippen LogP) is 2.18. The van der Waals surface area contributed by atoms with Crippen molar-refractivity contribution in [1.82, 2.24) is 0 Å². The Kier molecular flexibility index (Phi) is 7.91. The van der Waals surface area contributed by atoms with Crippen molar-refractivity contribution < 1.29 is 46.1 Å². The van der Waals surface area contributed by atoms with E-state index in [0.717, 1.165) is 0 Å². The molecule has 33 heavy (non-hydrogen) atoms. The van der Waals surface area contributed by atoms with Crippen LogP contribution in [0.1, 0.15) is 93.1 Å². The monoisotopic (exact) mass is 556 g/mol. The molecule has 0 bridgehead atoms. The fourth-order valence-electron chi connectivity index (χ4n) is 5.38. The van der Waals surface area contributed by atoms with Crippen LogP contribution in [0.2, 0.25) is 0 Å². The van der Waals surface area contributed by atoms with Gasteiger partial charge in [-0.2, -0.15) is 0 Å². The summed E-state index contributed by atoms with van der Waals surface area (Å²) in [4.78, 5) is 0. The number of halogens is 2. The quantitative estimate of drug-likeness (QED) is 0.530. The first-order valence-corrected chi connectivity index (χ1v) is 15.9.